The maximum Gasteiger partial charge on any atom is 0.417 e. The molecule has 0 aliphatic heterocycles. The van der Waals surface area contributed by atoms with Crippen molar-refractivity contribution in [1.29, 1.82) is 0 Å². The van der Waals surface area contributed by atoms with Crippen LogP contribution in [0.4, 0.5) is 19.0 Å². The number of aromatic nitrogens is 2. The van der Waals surface area contributed by atoms with E-state index in [1.54, 1.807) is 11.3 Å². The predicted octanol–water partition coefficient (Wildman–Crippen LogP) is 5.01. The molecule has 1 fully saturated rings. The summed E-state index contributed by atoms with van der Waals surface area (Å²) >= 11 is 1.55. The molecule has 0 atom stereocenters. The number of hydrogen-bond donors (Lipinski definition) is 2. The van der Waals surface area contributed by atoms with Crippen LogP contribution < -0.4 is 5.32 Å². The summed E-state index contributed by atoms with van der Waals surface area (Å²) in [7, 11) is 0. The van der Waals surface area contributed by atoms with Crippen LogP contribution in [-0.4, -0.2) is 32.9 Å². The molecule has 8 heteroatoms. The molecule has 2 aromatic heterocycles. The Morgan fingerprint density at radius 2 is 1.81 bits per heavy atom. The summed E-state index contributed by atoms with van der Waals surface area (Å²) in [6, 6.07) is 11.8. The van der Waals surface area contributed by atoms with Crippen molar-refractivity contribution >= 4 is 27.4 Å². The highest BCUT2D eigenvalue weighted by Crippen LogP contribution is 2.42. The molecule has 1 aliphatic rings. The number of alkyl halides is 3. The third-order valence-corrected chi connectivity index (χ3v) is 6.16. The quantitative estimate of drug-likeness (QED) is 0.657. The van der Waals surface area contributed by atoms with Crippen LogP contribution >= 0.6 is 11.3 Å². The largest absolute Gasteiger partial charge is 0.417 e. The minimum absolute atomic E-state index is 0.161. The van der Waals surface area contributed by atoms with Crippen LogP contribution in [0.5, 0.6) is 0 Å². The molecule has 0 amide bonds. The highest BCUT2D eigenvalue weighted by molar-refractivity contribution is 7.21. The molecule has 0 spiro atoms. The van der Waals surface area contributed by atoms with Gasteiger partial charge in [0.2, 0.25) is 0 Å². The van der Waals surface area contributed by atoms with Crippen molar-refractivity contribution in [2.45, 2.75) is 43.5 Å². The Hall–Kier alpha value is -2.19. The topological polar surface area (TPSA) is 58.0 Å². The van der Waals surface area contributed by atoms with Gasteiger partial charge in [-0.05, 0) is 37.3 Å². The van der Waals surface area contributed by atoms with Crippen LogP contribution in [0, 0.1) is 0 Å². The maximum absolute atomic E-state index is 13.0. The van der Waals surface area contributed by atoms with E-state index >= 15 is 0 Å². The van der Waals surface area contributed by atoms with Crippen LogP contribution in [0.2, 0.25) is 0 Å². The van der Waals surface area contributed by atoms with E-state index in [-0.39, 0.29) is 31.7 Å². The Kier molecular flexibility index (Phi) is 4.55. The first kappa shape index (κ1) is 18.2. The third kappa shape index (κ3) is 3.51. The lowest BCUT2D eigenvalue weighted by atomic mass is 9.81. The number of nitrogens with zero attached hydrogens (tertiary/aromatic N) is 2. The smallest absolute Gasteiger partial charge is 0.380 e. The normalized spacial score (nSPS) is 23.5. The van der Waals surface area contributed by atoms with Gasteiger partial charge in [0.05, 0.1) is 5.39 Å². The summed E-state index contributed by atoms with van der Waals surface area (Å²) in [4.78, 5) is 10.5. The molecule has 4 rings (SSSR count). The number of thiophene rings is 1. The monoisotopic (exact) mass is 393 g/mol. The van der Waals surface area contributed by atoms with Gasteiger partial charge < -0.3 is 10.4 Å². The molecule has 0 bridgehead atoms. The SMILES string of the molecule is OC1(C(F)(F)F)CCC(Nc2ncnc3sc(-c4ccccc4)cc23)CC1. The zero-order valence-electron chi connectivity index (χ0n) is 14.3. The molecule has 0 unspecified atom stereocenters. The van der Waals surface area contributed by atoms with Crippen LogP contribution in [-0.2, 0) is 0 Å². The number of halogens is 3. The van der Waals surface area contributed by atoms with Crippen molar-refractivity contribution in [3.05, 3.63) is 42.7 Å². The second kappa shape index (κ2) is 6.76. The van der Waals surface area contributed by atoms with E-state index in [0.29, 0.717) is 5.82 Å². The number of fused-ring (bicyclic) bond motifs is 1. The van der Waals surface area contributed by atoms with Gasteiger partial charge in [-0.3, -0.25) is 0 Å². The van der Waals surface area contributed by atoms with E-state index in [2.05, 4.69) is 15.3 Å². The van der Waals surface area contributed by atoms with Crippen molar-refractivity contribution in [3.63, 3.8) is 0 Å². The van der Waals surface area contributed by atoms with Gasteiger partial charge in [-0.1, -0.05) is 30.3 Å². The van der Waals surface area contributed by atoms with Gasteiger partial charge in [0.1, 0.15) is 17.0 Å². The number of hydrogen-bond acceptors (Lipinski definition) is 5. The van der Waals surface area contributed by atoms with Crippen molar-refractivity contribution in [1.82, 2.24) is 9.97 Å². The molecule has 4 nitrogen and oxygen atoms in total. The fourth-order valence-corrected chi connectivity index (χ4v) is 4.44. The average Bonchev–Trinajstić information content (AvgIpc) is 3.09. The van der Waals surface area contributed by atoms with Crippen LogP contribution in [0.3, 0.4) is 0 Å². The van der Waals surface area contributed by atoms with Gasteiger partial charge >= 0.3 is 6.18 Å². The van der Waals surface area contributed by atoms with Gasteiger partial charge in [0.15, 0.2) is 5.60 Å². The standard InChI is InChI=1S/C19H18F3N3OS/c20-19(21,22)18(26)8-6-13(7-9-18)25-16-14-10-15(12-4-2-1-3-5-12)27-17(14)24-11-23-16/h1-5,10-11,13,26H,6-9H2,(H,23,24,25). The van der Waals surface area contributed by atoms with Crippen molar-refractivity contribution in [2.75, 3.05) is 5.32 Å². The molecule has 27 heavy (non-hydrogen) atoms. The number of anilines is 1. The Balaban J connectivity index is 1.54. The summed E-state index contributed by atoms with van der Waals surface area (Å²) in [5.41, 5.74) is -1.49. The zero-order valence-corrected chi connectivity index (χ0v) is 15.1. The summed E-state index contributed by atoms with van der Waals surface area (Å²) in [6.45, 7) is 0. The van der Waals surface area contributed by atoms with Crippen molar-refractivity contribution in [2.24, 2.45) is 0 Å². The van der Waals surface area contributed by atoms with E-state index < -0.39 is 11.8 Å². The number of aliphatic hydroxyl groups is 1. The second-order valence-corrected chi connectivity index (χ2v) is 7.90. The molecule has 1 saturated carbocycles. The molecule has 2 heterocycles. The minimum Gasteiger partial charge on any atom is -0.380 e. The van der Waals surface area contributed by atoms with Crippen molar-refractivity contribution < 1.29 is 18.3 Å². The van der Waals surface area contributed by atoms with E-state index in [1.165, 1.54) is 6.33 Å². The zero-order chi connectivity index (χ0) is 19.1. The third-order valence-electron chi connectivity index (χ3n) is 5.07. The van der Waals surface area contributed by atoms with E-state index in [0.717, 1.165) is 20.7 Å². The van der Waals surface area contributed by atoms with E-state index in [9.17, 15) is 18.3 Å². The molecule has 1 aromatic carbocycles. The van der Waals surface area contributed by atoms with Gasteiger partial charge in [-0.2, -0.15) is 13.2 Å². The average molecular weight is 393 g/mol. The van der Waals surface area contributed by atoms with Crippen LogP contribution in [0.15, 0.2) is 42.7 Å². The molecule has 0 saturated heterocycles. The molecule has 0 radical (unpaired) electrons. The Labute approximate surface area is 158 Å². The lowest BCUT2D eigenvalue weighted by Gasteiger charge is -2.37. The van der Waals surface area contributed by atoms with Gasteiger partial charge in [-0.25, -0.2) is 9.97 Å². The molecular formula is C19H18F3N3OS. The molecule has 3 aromatic rings. The van der Waals surface area contributed by atoms with Gasteiger partial charge in [-0.15, -0.1) is 11.3 Å². The highest BCUT2D eigenvalue weighted by Gasteiger charge is 2.54. The predicted molar refractivity (Wildman–Crippen MR) is 99.7 cm³/mol. The van der Waals surface area contributed by atoms with Gasteiger partial charge in [0.25, 0.3) is 0 Å². The Morgan fingerprint density at radius 1 is 1.11 bits per heavy atom. The number of rotatable bonds is 3. The first-order chi connectivity index (χ1) is 12.9. The Morgan fingerprint density at radius 3 is 2.48 bits per heavy atom. The number of nitrogens with one attached hydrogen (secondary N) is 1. The lowest BCUT2D eigenvalue weighted by molar-refractivity contribution is -0.269. The van der Waals surface area contributed by atoms with Gasteiger partial charge in [0, 0.05) is 10.9 Å². The van der Waals surface area contributed by atoms with Crippen LogP contribution in [0.1, 0.15) is 25.7 Å². The summed E-state index contributed by atoms with van der Waals surface area (Å²) in [5, 5.41) is 13.9. The van der Waals surface area contributed by atoms with E-state index in [4.69, 9.17) is 0 Å². The Bertz CT molecular complexity index is 934. The summed E-state index contributed by atoms with van der Waals surface area (Å²) < 4.78 is 38.9. The fraction of sp³-hybridized carbons (Fsp3) is 0.368. The van der Waals surface area contributed by atoms with E-state index in [1.807, 2.05) is 36.4 Å². The maximum atomic E-state index is 13.0. The van der Waals surface area contributed by atoms with Crippen LogP contribution in [0.25, 0.3) is 20.7 Å². The summed E-state index contributed by atoms with van der Waals surface area (Å²) in [6.07, 6.45) is -3.26. The fourth-order valence-electron chi connectivity index (χ4n) is 3.43. The lowest BCUT2D eigenvalue weighted by Crippen LogP contribution is -2.49. The first-order valence-corrected chi connectivity index (χ1v) is 9.53. The molecule has 142 valence electrons. The number of benzene rings is 1. The summed E-state index contributed by atoms with van der Waals surface area (Å²) in [5.74, 6) is 0.626. The second-order valence-electron chi connectivity index (χ2n) is 6.87. The highest BCUT2D eigenvalue weighted by atomic mass is 32.1. The molecule has 2 N–H and O–H groups in total. The minimum atomic E-state index is -4.59. The first-order valence-electron chi connectivity index (χ1n) is 8.71. The molecule has 1 aliphatic carbocycles. The van der Waals surface area contributed by atoms with Crippen molar-refractivity contribution in [3.8, 4) is 10.4 Å². The molecular weight excluding hydrogens is 375 g/mol.